The minimum absolute atomic E-state index is 0.255. The quantitative estimate of drug-likeness (QED) is 0.235. The molecule has 0 fully saturated rings. The number of benzene rings is 5. The number of thiophene rings is 1. The molecule has 2 aliphatic rings. The average molecular weight is 451 g/mol. The van der Waals surface area contributed by atoms with E-state index in [0.717, 1.165) is 0 Å². The number of hydrogen-bond donors (Lipinski definition) is 0. The predicted octanol–water partition coefficient (Wildman–Crippen LogP) is 6.39. The molecule has 2 heteroatoms. The van der Waals surface area contributed by atoms with Crippen LogP contribution in [0.25, 0.3) is 31.3 Å². The highest BCUT2D eigenvalue weighted by Gasteiger charge is 2.49. The van der Waals surface area contributed by atoms with Crippen LogP contribution in [0.1, 0.15) is 22.3 Å². The van der Waals surface area contributed by atoms with E-state index in [0.29, 0.717) is 9.52 Å². The Morgan fingerprint density at radius 1 is 0.485 bits per heavy atom. The molecule has 8 rings (SSSR count). The Labute approximate surface area is 199 Å². The van der Waals surface area contributed by atoms with E-state index in [-0.39, 0.29) is 5.41 Å². The van der Waals surface area contributed by atoms with E-state index in [1.165, 1.54) is 63.9 Å². The first-order chi connectivity index (χ1) is 16.4. The summed E-state index contributed by atoms with van der Waals surface area (Å²) >= 11 is 1.92. The van der Waals surface area contributed by atoms with E-state index in [1.807, 2.05) is 11.3 Å². The lowest BCUT2D eigenvalue weighted by atomic mass is 9.67. The molecule has 0 saturated carbocycles. The number of hydrogen-bond acceptors (Lipinski definition) is 1. The van der Waals surface area contributed by atoms with Crippen LogP contribution in [0.2, 0.25) is 0 Å². The van der Waals surface area contributed by atoms with Crippen molar-refractivity contribution >= 4 is 51.4 Å². The SMILES string of the molecule is c1ccc2c(c1)[Si]c1cc3c(cc1C21c2ccccc2-c2ccccc21)sc1ccccc13. The number of fused-ring (bicyclic) bond motifs is 12. The molecule has 152 valence electrons. The Balaban J connectivity index is 1.59. The van der Waals surface area contributed by atoms with Crippen LogP contribution >= 0.6 is 11.3 Å². The summed E-state index contributed by atoms with van der Waals surface area (Å²) in [5, 5.41) is 5.73. The lowest BCUT2D eigenvalue weighted by Gasteiger charge is -2.40. The van der Waals surface area contributed by atoms with Crippen LogP contribution in [0.15, 0.2) is 109 Å². The average Bonchev–Trinajstić information content (AvgIpc) is 3.37. The van der Waals surface area contributed by atoms with Crippen LogP contribution in [0.5, 0.6) is 0 Å². The van der Waals surface area contributed by atoms with Crippen LogP contribution < -0.4 is 10.4 Å². The van der Waals surface area contributed by atoms with Crippen LogP contribution in [0.4, 0.5) is 0 Å². The van der Waals surface area contributed by atoms with E-state index in [9.17, 15) is 0 Å². The van der Waals surface area contributed by atoms with Crippen LogP contribution in [-0.2, 0) is 5.41 Å². The molecule has 0 N–H and O–H groups in total. The summed E-state index contributed by atoms with van der Waals surface area (Å²) in [4.78, 5) is 0. The summed E-state index contributed by atoms with van der Waals surface area (Å²) in [6, 6.07) is 41.1. The molecule has 1 aliphatic carbocycles. The molecule has 1 spiro atoms. The smallest absolute Gasteiger partial charge is 0.122 e. The Hall–Kier alpha value is -3.46. The monoisotopic (exact) mass is 450 g/mol. The lowest BCUT2D eigenvalue weighted by molar-refractivity contribution is 0.777. The molecule has 0 unspecified atom stereocenters. The van der Waals surface area contributed by atoms with Gasteiger partial charge in [0.05, 0.1) is 5.41 Å². The third-order valence-corrected chi connectivity index (χ3v) is 10.00. The second-order valence-electron chi connectivity index (χ2n) is 9.00. The fraction of sp³-hybridized carbons (Fsp3) is 0.0323. The van der Waals surface area contributed by atoms with Gasteiger partial charge in [-0.15, -0.1) is 11.3 Å². The molecule has 0 bridgehead atoms. The summed E-state index contributed by atoms with van der Waals surface area (Å²) in [5.74, 6) is 0. The Morgan fingerprint density at radius 3 is 1.91 bits per heavy atom. The van der Waals surface area contributed by atoms with E-state index < -0.39 is 0 Å². The van der Waals surface area contributed by atoms with Gasteiger partial charge in [0.15, 0.2) is 0 Å². The molecule has 2 heterocycles. The van der Waals surface area contributed by atoms with E-state index in [1.54, 1.807) is 0 Å². The molecule has 1 aliphatic heterocycles. The van der Waals surface area contributed by atoms with Crippen molar-refractivity contribution in [2.45, 2.75) is 5.41 Å². The second kappa shape index (κ2) is 6.32. The lowest BCUT2D eigenvalue weighted by Crippen LogP contribution is -2.48. The first-order valence-corrected chi connectivity index (χ1v) is 13.2. The van der Waals surface area contributed by atoms with Crippen molar-refractivity contribution in [2.24, 2.45) is 0 Å². The van der Waals surface area contributed by atoms with Crippen LogP contribution in [-0.4, -0.2) is 9.52 Å². The van der Waals surface area contributed by atoms with Gasteiger partial charge in [0.1, 0.15) is 9.52 Å². The highest BCUT2D eigenvalue weighted by Crippen LogP contribution is 2.56. The van der Waals surface area contributed by atoms with Gasteiger partial charge in [-0.05, 0) is 45.5 Å². The Kier molecular flexibility index (Phi) is 3.45. The molecular formula is C31H18SSi. The first kappa shape index (κ1) is 18.0. The summed E-state index contributed by atoms with van der Waals surface area (Å²) in [6.07, 6.45) is 0. The normalized spacial score (nSPS) is 14.8. The molecule has 5 aromatic carbocycles. The molecule has 6 aromatic rings. The molecule has 0 atom stereocenters. The molecule has 33 heavy (non-hydrogen) atoms. The zero-order valence-corrected chi connectivity index (χ0v) is 19.6. The van der Waals surface area contributed by atoms with E-state index in [2.05, 4.69) is 109 Å². The van der Waals surface area contributed by atoms with Crippen molar-refractivity contribution in [1.82, 2.24) is 0 Å². The Bertz CT molecular complexity index is 1710. The Morgan fingerprint density at radius 2 is 1.12 bits per heavy atom. The summed E-state index contributed by atoms with van der Waals surface area (Å²) in [6.45, 7) is 0. The van der Waals surface area contributed by atoms with Gasteiger partial charge in [-0.3, -0.25) is 0 Å². The van der Waals surface area contributed by atoms with Crippen molar-refractivity contribution in [2.75, 3.05) is 0 Å². The van der Waals surface area contributed by atoms with Crippen LogP contribution in [0, 0.1) is 0 Å². The predicted molar refractivity (Wildman–Crippen MR) is 142 cm³/mol. The zero-order valence-electron chi connectivity index (χ0n) is 17.8. The van der Waals surface area contributed by atoms with Gasteiger partial charge in [0.25, 0.3) is 0 Å². The maximum Gasteiger partial charge on any atom is 0.122 e. The van der Waals surface area contributed by atoms with Gasteiger partial charge in [0, 0.05) is 20.2 Å². The van der Waals surface area contributed by atoms with Crippen molar-refractivity contribution in [3.05, 3.63) is 131 Å². The third-order valence-electron chi connectivity index (χ3n) is 7.47. The summed E-state index contributed by atoms with van der Waals surface area (Å²) in [5.41, 5.74) is 8.25. The zero-order chi connectivity index (χ0) is 21.6. The fourth-order valence-corrected chi connectivity index (χ4v) is 8.82. The van der Waals surface area contributed by atoms with Crippen molar-refractivity contribution in [3.63, 3.8) is 0 Å². The van der Waals surface area contributed by atoms with Crippen molar-refractivity contribution < 1.29 is 0 Å². The maximum atomic E-state index is 2.52. The van der Waals surface area contributed by atoms with Crippen LogP contribution in [0.3, 0.4) is 0 Å². The molecule has 0 saturated heterocycles. The minimum Gasteiger partial charge on any atom is -0.135 e. The van der Waals surface area contributed by atoms with Gasteiger partial charge in [-0.25, -0.2) is 0 Å². The fourth-order valence-electron chi connectivity index (χ4n) is 6.21. The summed E-state index contributed by atoms with van der Waals surface area (Å²) in [7, 11) is 0.670. The number of rotatable bonds is 0. The summed E-state index contributed by atoms with van der Waals surface area (Å²) < 4.78 is 2.76. The maximum absolute atomic E-state index is 2.52. The second-order valence-corrected chi connectivity index (χ2v) is 11.4. The molecular weight excluding hydrogens is 432 g/mol. The van der Waals surface area contributed by atoms with Gasteiger partial charge < -0.3 is 0 Å². The standard InChI is InChI=1S/C31H18SSi/c1-4-12-23-19(9-1)20-10-2-5-13-24(20)31(23)25-14-6-8-16-29(25)33-30-17-22-21-11-3-7-15-27(21)32-28(22)18-26(30)31/h1-18H. The molecule has 0 amide bonds. The van der Waals surface area contributed by atoms with Crippen molar-refractivity contribution in [3.8, 4) is 11.1 Å². The minimum atomic E-state index is -0.255. The topological polar surface area (TPSA) is 0 Å². The van der Waals surface area contributed by atoms with Gasteiger partial charge >= 0.3 is 0 Å². The van der Waals surface area contributed by atoms with Gasteiger partial charge in [-0.2, -0.15) is 0 Å². The molecule has 2 radical (unpaired) electrons. The molecule has 0 nitrogen and oxygen atoms in total. The highest BCUT2D eigenvalue weighted by atomic mass is 32.1. The highest BCUT2D eigenvalue weighted by molar-refractivity contribution is 7.25. The van der Waals surface area contributed by atoms with Gasteiger partial charge in [-0.1, -0.05) is 107 Å². The first-order valence-electron chi connectivity index (χ1n) is 11.4. The molecule has 1 aromatic heterocycles. The van der Waals surface area contributed by atoms with E-state index in [4.69, 9.17) is 0 Å². The van der Waals surface area contributed by atoms with Gasteiger partial charge in [0.2, 0.25) is 0 Å². The largest absolute Gasteiger partial charge is 0.135 e. The third kappa shape index (κ3) is 2.16. The van der Waals surface area contributed by atoms with E-state index >= 15 is 0 Å². The van der Waals surface area contributed by atoms with Crippen molar-refractivity contribution in [1.29, 1.82) is 0 Å².